The van der Waals surface area contributed by atoms with Gasteiger partial charge < -0.3 is 20.2 Å². The van der Waals surface area contributed by atoms with Crippen molar-refractivity contribution in [1.82, 2.24) is 4.90 Å². The molecule has 4 fully saturated rings. The molecule has 3 N–H and O–H groups in total. The van der Waals surface area contributed by atoms with E-state index in [1.807, 2.05) is 35.2 Å². The number of aliphatic hydroxyl groups excluding tert-OH is 2. The quantitative estimate of drug-likeness (QED) is 0.661. The Kier molecular flexibility index (Phi) is 5.49. The van der Waals surface area contributed by atoms with E-state index in [-0.39, 0.29) is 5.92 Å². The number of benzene rings is 2. The summed E-state index contributed by atoms with van der Waals surface area (Å²) in [5, 5.41) is 31.1. The molecule has 2 bridgehead atoms. The van der Waals surface area contributed by atoms with Crippen LogP contribution in [0.2, 0.25) is 0 Å². The molecule has 162 valence electrons. The first kappa shape index (κ1) is 20.5. The van der Waals surface area contributed by atoms with Crippen molar-refractivity contribution in [3.05, 3.63) is 65.2 Å². The van der Waals surface area contributed by atoms with Crippen LogP contribution in [0.3, 0.4) is 0 Å². The molecular formula is C26H30N2O3. The molecule has 0 radical (unpaired) electrons. The van der Waals surface area contributed by atoms with E-state index in [4.69, 9.17) is 0 Å². The number of hydrogen-bond acceptors (Lipinski definition) is 5. The van der Waals surface area contributed by atoms with Gasteiger partial charge >= 0.3 is 0 Å². The average molecular weight is 419 g/mol. The monoisotopic (exact) mass is 418 g/mol. The molecule has 4 heterocycles. The molecule has 31 heavy (non-hydrogen) atoms. The molecule has 2 aromatic rings. The summed E-state index contributed by atoms with van der Waals surface area (Å²) in [5.41, 5.74) is 3.27. The number of hydrogen-bond donors (Lipinski definition) is 3. The molecule has 0 spiro atoms. The van der Waals surface area contributed by atoms with Crippen molar-refractivity contribution in [2.45, 2.75) is 37.1 Å². The zero-order valence-electron chi connectivity index (χ0n) is 17.7. The molecule has 0 amide bonds. The second-order valence-corrected chi connectivity index (χ2v) is 9.27. The third kappa shape index (κ3) is 4.22. The fraction of sp³-hybridized carbons (Fsp3) is 0.462. The maximum Gasteiger partial charge on any atom is 0.141 e. The third-order valence-corrected chi connectivity index (χ3v) is 7.09. The molecule has 0 aromatic heterocycles. The van der Waals surface area contributed by atoms with E-state index in [9.17, 15) is 15.3 Å². The zero-order valence-corrected chi connectivity index (χ0v) is 17.7. The van der Waals surface area contributed by atoms with Crippen molar-refractivity contribution < 1.29 is 15.3 Å². The lowest BCUT2D eigenvalue weighted by Crippen LogP contribution is -2.58. The molecule has 3 atom stereocenters. The predicted octanol–water partition coefficient (Wildman–Crippen LogP) is 1.63. The Balaban J connectivity index is 1.46. The summed E-state index contributed by atoms with van der Waals surface area (Å²) >= 11 is 0. The number of piperidine rings is 3. The normalized spacial score (nSPS) is 32.0. The third-order valence-electron chi connectivity index (χ3n) is 7.09. The number of fused-ring (bicyclic) bond motifs is 3. The molecule has 5 heteroatoms. The fourth-order valence-electron chi connectivity index (χ4n) is 5.20. The minimum absolute atomic E-state index is 0.259. The molecule has 4 aliphatic rings. The van der Waals surface area contributed by atoms with Crippen LogP contribution in [0.15, 0.2) is 48.5 Å². The van der Waals surface area contributed by atoms with Crippen LogP contribution < -0.4 is 4.90 Å². The predicted molar refractivity (Wildman–Crippen MR) is 121 cm³/mol. The summed E-state index contributed by atoms with van der Waals surface area (Å²) in [4.78, 5) is 4.33. The highest BCUT2D eigenvalue weighted by molar-refractivity contribution is 5.57. The highest BCUT2D eigenvalue weighted by atomic mass is 16.3. The second-order valence-electron chi connectivity index (χ2n) is 9.27. The first-order chi connectivity index (χ1) is 15.0. The van der Waals surface area contributed by atoms with Crippen LogP contribution in [0.5, 0.6) is 0 Å². The molecule has 3 unspecified atom stereocenters. The van der Waals surface area contributed by atoms with Gasteiger partial charge in [-0.1, -0.05) is 42.2 Å². The number of β-amino-alcohol motifs (C(OH)–C–C–N with tert-alkyl or cyclic N) is 2. The lowest BCUT2D eigenvalue weighted by molar-refractivity contribution is -0.0713. The van der Waals surface area contributed by atoms with Crippen molar-refractivity contribution in [3.63, 3.8) is 0 Å². The SMILES string of the molecule is OC1CN(c2ccc(C#CC3(O)CN4CCC3CC4)c(Cc3ccccc3)c2)CC1O. The van der Waals surface area contributed by atoms with Gasteiger partial charge in [0.05, 0.1) is 12.2 Å². The summed E-state index contributed by atoms with van der Waals surface area (Å²) in [6.45, 7) is 3.62. The largest absolute Gasteiger partial charge is 0.389 e. The Hall–Kier alpha value is -2.36. The maximum atomic E-state index is 11.2. The van der Waals surface area contributed by atoms with Gasteiger partial charge in [0.25, 0.3) is 0 Å². The second kappa shape index (κ2) is 8.29. The highest BCUT2D eigenvalue weighted by Gasteiger charge is 2.44. The number of anilines is 1. The van der Waals surface area contributed by atoms with E-state index >= 15 is 0 Å². The van der Waals surface area contributed by atoms with Crippen LogP contribution in [0.1, 0.15) is 29.5 Å². The van der Waals surface area contributed by atoms with Crippen LogP contribution in [-0.4, -0.2) is 70.8 Å². The Morgan fingerprint density at radius 1 is 0.968 bits per heavy atom. The summed E-state index contributed by atoms with van der Waals surface area (Å²) in [6.07, 6.45) is 1.33. The van der Waals surface area contributed by atoms with Gasteiger partial charge in [0, 0.05) is 36.8 Å². The number of nitrogens with zero attached hydrogens (tertiary/aromatic N) is 2. The van der Waals surface area contributed by atoms with Crippen molar-refractivity contribution in [1.29, 1.82) is 0 Å². The van der Waals surface area contributed by atoms with Crippen molar-refractivity contribution in [2.24, 2.45) is 5.92 Å². The molecule has 5 nitrogen and oxygen atoms in total. The molecule has 2 aromatic carbocycles. The summed E-state index contributed by atoms with van der Waals surface area (Å²) < 4.78 is 0. The van der Waals surface area contributed by atoms with Crippen molar-refractivity contribution in [3.8, 4) is 11.8 Å². The topological polar surface area (TPSA) is 67.2 Å². The number of aliphatic hydroxyl groups is 3. The van der Waals surface area contributed by atoms with E-state index < -0.39 is 17.8 Å². The minimum Gasteiger partial charge on any atom is -0.389 e. The van der Waals surface area contributed by atoms with Gasteiger partial charge in [-0.25, -0.2) is 0 Å². The van der Waals surface area contributed by atoms with Gasteiger partial charge in [0.1, 0.15) is 5.60 Å². The summed E-state index contributed by atoms with van der Waals surface area (Å²) in [5.74, 6) is 6.82. The molecule has 0 saturated carbocycles. The molecule has 4 aliphatic heterocycles. The van der Waals surface area contributed by atoms with E-state index in [0.717, 1.165) is 49.2 Å². The fourth-order valence-corrected chi connectivity index (χ4v) is 5.20. The zero-order chi connectivity index (χ0) is 21.4. The lowest BCUT2D eigenvalue weighted by atomic mass is 9.75. The van der Waals surface area contributed by atoms with Crippen LogP contribution >= 0.6 is 0 Å². The maximum absolute atomic E-state index is 11.2. The Morgan fingerprint density at radius 3 is 2.32 bits per heavy atom. The molecular weight excluding hydrogens is 388 g/mol. The van der Waals surface area contributed by atoms with Crippen LogP contribution in [-0.2, 0) is 6.42 Å². The standard InChI is InChI=1S/C26H30N2O3/c29-24-16-28(17-25(24)30)23-7-6-20(21(15-23)14-19-4-2-1-3-5-19)8-11-26(31)18-27-12-9-22(26)10-13-27/h1-7,15,22,24-25,29-31H,9-10,12-14,16-18H2. The van der Waals surface area contributed by atoms with E-state index in [1.54, 1.807) is 0 Å². The van der Waals surface area contributed by atoms with Crippen LogP contribution in [0.25, 0.3) is 0 Å². The van der Waals surface area contributed by atoms with E-state index in [0.29, 0.717) is 19.6 Å². The molecule has 6 rings (SSSR count). The van der Waals surface area contributed by atoms with Gasteiger partial charge in [0.2, 0.25) is 0 Å². The van der Waals surface area contributed by atoms with E-state index in [1.165, 1.54) is 5.56 Å². The summed E-state index contributed by atoms with van der Waals surface area (Å²) in [7, 11) is 0. The molecule has 4 saturated heterocycles. The van der Waals surface area contributed by atoms with E-state index in [2.05, 4.69) is 34.9 Å². The van der Waals surface area contributed by atoms with Gasteiger partial charge in [-0.3, -0.25) is 4.90 Å². The number of rotatable bonds is 3. The average Bonchev–Trinajstić information content (AvgIpc) is 3.12. The van der Waals surface area contributed by atoms with Gasteiger partial charge in [0.15, 0.2) is 0 Å². The van der Waals surface area contributed by atoms with Gasteiger partial charge in [-0.2, -0.15) is 0 Å². The summed E-state index contributed by atoms with van der Waals surface area (Å²) in [6, 6.07) is 16.4. The highest BCUT2D eigenvalue weighted by Crippen LogP contribution is 2.35. The van der Waals surface area contributed by atoms with Gasteiger partial charge in [-0.05, 0) is 61.7 Å². The van der Waals surface area contributed by atoms with Crippen LogP contribution in [0, 0.1) is 17.8 Å². The van der Waals surface area contributed by atoms with Gasteiger partial charge in [-0.15, -0.1) is 0 Å². The Morgan fingerprint density at radius 2 is 1.68 bits per heavy atom. The smallest absolute Gasteiger partial charge is 0.141 e. The molecule has 0 aliphatic carbocycles. The minimum atomic E-state index is -0.928. The Bertz CT molecular complexity index is 981. The van der Waals surface area contributed by atoms with Crippen LogP contribution in [0.4, 0.5) is 5.69 Å². The van der Waals surface area contributed by atoms with Crippen molar-refractivity contribution >= 4 is 5.69 Å². The first-order valence-electron chi connectivity index (χ1n) is 11.3. The Labute approximate surface area is 183 Å². The first-order valence-corrected chi connectivity index (χ1v) is 11.3. The van der Waals surface area contributed by atoms with Crippen molar-refractivity contribution in [2.75, 3.05) is 37.6 Å². The lowest BCUT2D eigenvalue weighted by Gasteiger charge is -2.47.